The molecule has 1 fully saturated rings. The summed E-state index contributed by atoms with van der Waals surface area (Å²) in [5, 5.41) is 0. The molecule has 4 rings (SSSR count). The molecule has 1 saturated heterocycles. The minimum Gasteiger partial charge on any atom is -0.402 e. The van der Waals surface area contributed by atoms with Crippen LogP contribution < -0.4 is 4.90 Å². The van der Waals surface area contributed by atoms with Gasteiger partial charge in [0.1, 0.15) is 0 Å². The van der Waals surface area contributed by atoms with Gasteiger partial charge in [-0.25, -0.2) is 18.6 Å². The van der Waals surface area contributed by atoms with Gasteiger partial charge in [0.2, 0.25) is 11.8 Å². The van der Waals surface area contributed by atoms with Gasteiger partial charge in [-0.1, -0.05) is 6.07 Å². The van der Waals surface area contributed by atoms with Gasteiger partial charge in [-0.2, -0.15) is 0 Å². The van der Waals surface area contributed by atoms with Gasteiger partial charge in [-0.05, 0) is 54.5 Å². The predicted octanol–water partition coefficient (Wildman–Crippen LogP) is 3.44. The zero-order chi connectivity index (χ0) is 19.0. The van der Waals surface area contributed by atoms with E-state index in [1.165, 1.54) is 12.1 Å². The van der Waals surface area contributed by atoms with Crippen LogP contribution in [-0.2, 0) is 14.3 Å². The summed E-state index contributed by atoms with van der Waals surface area (Å²) in [6, 6.07) is 10.3. The number of halogens is 2. The first-order chi connectivity index (χ1) is 13.0. The molecule has 0 atom stereocenters. The largest absolute Gasteiger partial charge is 0.402 e. The van der Waals surface area contributed by atoms with Crippen molar-refractivity contribution in [2.75, 3.05) is 11.4 Å². The summed E-state index contributed by atoms with van der Waals surface area (Å²) >= 11 is 0. The summed E-state index contributed by atoms with van der Waals surface area (Å²) in [4.78, 5) is 29.7. The minimum atomic E-state index is -1.01. The van der Waals surface area contributed by atoms with Crippen LogP contribution in [0.15, 0.2) is 53.2 Å². The van der Waals surface area contributed by atoms with Crippen LogP contribution in [0.3, 0.4) is 0 Å². The standard InChI is InChI=1S/C20H14F2N2O3/c21-15-8-3-12(10-16(15)22)11-17-20(26)27-19(23-17)13-4-6-14(7-5-13)24-9-1-2-18(24)25/h3-8,10-11H,1-2,9H2. The SMILES string of the molecule is O=C1OC(c2ccc(N3CCCC3=O)cc2)=NC1=Cc1ccc(F)c(F)c1. The van der Waals surface area contributed by atoms with Crippen molar-refractivity contribution in [1.82, 2.24) is 0 Å². The molecule has 0 aromatic heterocycles. The van der Waals surface area contributed by atoms with Gasteiger partial charge in [0.05, 0.1) is 0 Å². The smallest absolute Gasteiger partial charge is 0.363 e. The topological polar surface area (TPSA) is 59.0 Å². The number of ether oxygens (including phenoxy) is 1. The van der Waals surface area contributed by atoms with Gasteiger partial charge in [-0.3, -0.25) is 4.79 Å². The molecule has 0 saturated carbocycles. The minimum absolute atomic E-state index is 0.00481. The molecule has 0 N–H and O–H groups in total. The number of rotatable bonds is 3. The molecule has 27 heavy (non-hydrogen) atoms. The molecule has 2 aromatic rings. The first-order valence-corrected chi connectivity index (χ1v) is 8.40. The van der Waals surface area contributed by atoms with Crippen molar-refractivity contribution in [1.29, 1.82) is 0 Å². The van der Waals surface area contributed by atoms with E-state index in [1.807, 2.05) is 0 Å². The summed E-state index contributed by atoms with van der Waals surface area (Å²) in [6.07, 6.45) is 2.71. The average molecular weight is 368 g/mol. The van der Waals surface area contributed by atoms with Crippen molar-refractivity contribution in [3.05, 3.63) is 70.9 Å². The van der Waals surface area contributed by atoms with E-state index in [2.05, 4.69) is 4.99 Å². The molecule has 0 radical (unpaired) electrons. The number of esters is 1. The Morgan fingerprint density at radius 2 is 1.81 bits per heavy atom. The highest BCUT2D eigenvalue weighted by Gasteiger charge is 2.25. The van der Waals surface area contributed by atoms with E-state index >= 15 is 0 Å². The number of amides is 1. The zero-order valence-electron chi connectivity index (χ0n) is 14.1. The van der Waals surface area contributed by atoms with Crippen molar-refractivity contribution < 1.29 is 23.1 Å². The number of anilines is 1. The van der Waals surface area contributed by atoms with Crippen LogP contribution in [0.25, 0.3) is 6.08 Å². The van der Waals surface area contributed by atoms with E-state index in [0.29, 0.717) is 24.1 Å². The Morgan fingerprint density at radius 3 is 2.48 bits per heavy atom. The molecular formula is C20H14F2N2O3. The summed E-state index contributed by atoms with van der Waals surface area (Å²) in [5.41, 5.74) is 1.65. The fraction of sp³-hybridized carbons (Fsp3) is 0.150. The van der Waals surface area contributed by atoms with E-state index in [0.717, 1.165) is 24.2 Å². The number of hydrogen-bond donors (Lipinski definition) is 0. The Balaban J connectivity index is 1.58. The normalized spacial score (nSPS) is 18.2. The van der Waals surface area contributed by atoms with Crippen molar-refractivity contribution in [3.8, 4) is 0 Å². The van der Waals surface area contributed by atoms with E-state index in [4.69, 9.17) is 4.74 Å². The first kappa shape index (κ1) is 17.1. The molecule has 7 heteroatoms. The number of carbonyl (C=O) groups is 2. The highest BCUT2D eigenvalue weighted by Crippen LogP contribution is 2.24. The second-order valence-electron chi connectivity index (χ2n) is 6.21. The molecule has 2 aliphatic heterocycles. The van der Waals surface area contributed by atoms with Crippen molar-refractivity contribution in [3.63, 3.8) is 0 Å². The summed E-state index contributed by atoms with van der Waals surface area (Å²) in [7, 11) is 0. The van der Waals surface area contributed by atoms with Gasteiger partial charge in [-0.15, -0.1) is 0 Å². The second kappa shape index (κ2) is 6.75. The lowest BCUT2D eigenvalue weighted by molar-refractivity contribution is -0.130. The van der Waals surface area contributed by atoms with Crippen LogP contribution in [0, 0.1) is 11.6 Å². The van der Waals surface area contributed by atoms with Gasteiger partial charge in [0, 0.05) is 24.2 Å². The van der Waals surface area contributed by atoms with Crippen molar-refractivity contribution >= 4 is 29.5 Å². The van der Waals surface area contributed by atoms with Crippen LogP contribution in [0.4, 0.5) is 14.5 Å². The number of carbonyl (C=O) groups excluding carboxylic acids is 2. The number of benzene rings is 2. The Bertz CT molecular complexity index is 997. The van der Waals surface area contributed by atoms with Crippen LogP contribution in [0.5, 0.6) is 0 Å². The van der Waals surface area contributed by atoms with Gasteiger partial charge in [0.15, 0.2) is 17.3 Å². The molecule has 136 valence electrons. The van der Waals surface area contributed by atoms with E-state index in [9.17, 15) is 18.4 Å². The van der Waals surface area contributed by atoms with E-state index in [-0.39, 0.29) is 17.5 Å². The number of aliphatic imine (C=N–C) groups is 1. The van der Waals surface area contributed by atoms with Crippen molar-refractivity contribution in [2.24, 2.45) is 4.99 Å². The van der Waals surface area contributed by atoms with Crippen LogP contribution in [0.1, 0.15) is 24.0 Å². The van der Waals surface area contributed by atoms with Gasteiger partial charge in [0.25, 0.3) is 0 Å². The monoisotopic (exact) mass is 368 g/mol. The number of cyclic esters (lactones) is 1. The highest BCUT2D eigenvalue weighted by molar-refractivity contribution is 6.13. The molecule has 0 aliphatic carbocycles. The molecule has 5 nitrogen and oxygen atoms in total. The maximum atomic E-state index is 13.3. The third kappa shape index (κ3) is 3.36. The molecule has 2 aliphatic rings. The average Bonchev–Trinajstić information content (AvgIpc) is 3.24. The molecule has 2 aromatic carbocycles. The van der Waals surface area contributed by atoms with Gasteiger partial charge < -0.3 is 9.64 Å². The first-order valence-electron chi connectivity index (χ1n) is 8.40. The summed E-state index contributed by atoms with van der Waals surface area (Å²) in [6.45, 7) is 0.690. The summed E-state index contributed by atoms with van der Waals surface area (Å²) < 4.78 is 31.5. The predicted molar refractivity (Wildman–Crippen MR) is 95.0 cm³/mol. The van der Waals surface area contributed by atoms with Crippen molar-refractivity contribution in [2.45, 2.75) is 12.8 Å². The molecule has 0 bridgehead atoms. The maximum absolute atomic E-state index is 13.3. The fourth-order valence-corrected chi connectivity index (χ4v) is 3.00. The highest BCUT2D eigenvalue weighted by atomic mass is 19.2. The Hall–Kier alpha value is -3.35. The number of nitrogens with zero attached hydrogens (tertiary/aromatic N) is 2. The Kier molecular flexibility index (Phi) is 4.27. The van der Waals surface area contributed by atoms with Crippen LogP contribution in [0.2, 0.25) is 0 Å². The second-order valence-corrected chi connectivity index (χ2v) is 6.21. The van der Waals surface area contributed by atoms with Gasteiger partial charge >= 0.3 is 5.97 Å². The Morgan fingerprint density at radius 1 is 1.04 bits per heavy atom. The van der Waals surface area contributed by atoms with Crippen LogP contribution >= 0.6 is 0 Å². The molecule has 2 heterocycles. The maximum Gasteiger partial charge on any atom is 0.363 e. The lowest BCUT2D eigenvalue weighted by Gasteiger charge is -2.15. The lowest BCUT2D eigenvalue weighted by atomic mass is 10.2. The quantitative estimate of drug-likeness (QED) is 0.616. The molecule has 0 spiro atoms. The third-order valence-corrected chi connectivity index (χ3v) is 4.37. The van der Waals surface area contributed by atoms with Crippen LogP contribution in [-0.4, -0.2) is 24.3 Å². The summed E-state index contributed by atoms with van der Waals surface area (Å²) in [5.74, 6) is -2.44. The fourth-order valence-electron chi connectivity index (χ4n) is 3.00. The van der Waals surface area contributed by atoms with E-state index < -0.39 is 17.6 Å². The Labute approximate surface area is 153 Å². The van der Waals surface area contributed by atoms with E-state index in [1.54, 1.807) is 29.2 Å². The zero-order valence-corrected chi connectivity index (χ0v) is 14.1. The lowest BCUT2D eigenvalue weighted by Crippen LogP contribution is -2.23. The number of hydrogen-bond acceptors (Lipinski definition) is 4. The molecule has 0 unspecified atom stereocenters. The third-order valence-electron chi connectivity index (χ3n) is 4.37. The molecular weight excluding hydrogens is 354 g/mol. The molecule has 1 amide bonds.